The molecule has 2 heteroatoms. The maximum atomic E-state index is 9.33. The van der Waals surface area contributed by atoms with Crippen molar-refractivity contribution in [2.75, 3.05) is 0 Å². The van der Waals surface area contributed by atoms with Crippen molar-refractivity contribution in [3.8, 4) is 5.75 Å². The molecule has 1 aliphatic rings. The average molecular weight is 187 g/mol. The van der Waals surface area contributed by atoms with Crippen LogP contribution in [0.2, 0.25) is 0 Å². The monoisotopic (exact) mass is 187 g/mol. The van der Waals surface area contributed by atoms with Crippen molar-refractivity contribution in [2.45, 2.75) is 19.8 Å². The van der Waals surface area contributed by atoms with Gasteiger partial charge in [-0.05, 0) is 35.8 Å². The zero-order chi connectivity index (χ0) is 9.97. The third-order valence-electron chi connectivity index (χ3n) is 2.44. The predicted molar refractivity (Wildman–Crippen MR) is 58.6 cm³/mol. The fraction of sp³-hybridized carbons (Fsp3) is 0.250. The van der Waals surface area contributed by atoms with Crippen LogP contribution in [0.15, 0.2) is 29.4 Å². The van der Waals surface area contributed by atoms with E-state index in [1.807, 2.05) is 18.3 Å². The first-order valence-corrected chi connectivity index (χ1v) is 4.83. The van der Waals surface area contributed by atoms with Crippen molar-refractivity contribution < 1.29 is 5.11 Å². The lowest BCUT2D eigenvalue weighted by Gasteiger charge is -2.05. The number of aromatic hydroxyl groups is 1. The molecule has 0 saturated heterocycles. The molecule has 1 aliphatic heterocycles. The zero-order valence-electron chi connectivity index (χ0n) is 8.20. The first-order valence-electron chi connectivity index (χ1n) is 4.83. The molecule has 1 N–H and O–H groups in total. The summed E-state index contributed by atoms with van der Waals surface area (Å²) in [7, 11) is 0. The fourth-order valence-corrected chi connectivity index (χ4v) is 1.60. The molecule has 0 saturated carbocycles. The summed E-state index contributed by atoms with van der Waals surface area (Å²) in [5, 5.41) is 9.33. The molecule has 2 rings (SSSR count). The molecule has 14 heavy (non-hydrogen) atoms. The van der Waals surface area contributed by atoms with Crippen molar-refractivity contribution in [1.82, 2.24) is 0 Å². The molecule has 0 atom stereocenters. The Hall–Kier alpha value is -1.57. The molecule has 1 aromatic rings. The summed E-state index contributed by atoms with van der Waals surface area (Å²) in [6.07, 6.45) is 5.62. The average Bonchev–Trinajstić information content (AvgIpc) is 2.38. The Morgan fingerprint density at radius 1 is 1.43 bits per heavy atom. The summed E-state index contributed by atoms with van der Waals surface area (Å²) < 4.78 is 0. The molecule has 0 bridgehead atoms. The van der Waals surface area contributed by atoms with Gasteiger partial charge in [-0.3, -0.25) is 4.99 Å². The minimum absolute atomic E-state index is 0.313. The van der Waals surface area contributed by atoms with E-state index in [2.05, 4.69) is 11.9 Å². The molecule has 0 radical (unpaired) electrons. The molecule has 1 heterocycles. The van der Waals surface area contributed by atoms with Gasteiger partial charge < -0.3 is 5.11 Å². The summed E-state index contributed by atoms with van der Waals surface area (Å²) in [4.78, 5) is 4.34. The fourth-order valence-electron chi connectivity index (χ4n) is 1.60. The van der Waals surface area contributed by atoms with Crippen molar-refractivity contribution in [2.24, 2.45) is 4.99 Å². The number of rotatable bonds is 1. The molecule has 0 spiro atoms. The number of hydrogen-bond acceptors (Lipinski definition) is 2. The van der Waals surface area contributed by atoms with Gasteiger partial charge in [-0.2, -0.15) is 0 Å². The number of aliphatic imine (C=N–C) groups is 1. The second-order valence-corrected chi connectivity index (χ2v) is 3.42. The number of phenolic OH excluding ortho intramolecular Hbond substituents is 1. The minimum atomic E-state index is 0.313. The number of nitrogens with zero attached hydrogens (tertiary/aromatic N) is 1. The van der Waals surface area contributed by atoms with E-state index in [1.165, 1.54) is 11.3 Å². The minimum Gasteiger partial charge on any atom is -0.508 e. The largest absolute Gasteiger partial charge is 0.508 e. The van der Waals surface area contributed by atoms with Crippen LogP contribution < -0.4 is 0 Å². The third-order valence-corrected chi connectivity index (χ3v) is 2.44. The molecule has 0 aliphatic carbocycles. The van der Waals surface area contributed by atoms with Gasteiger partial charge in [0.15, 0.2) is 0 Å². The second-order valence-electron chi connectivity index (χ2n) is 3.42. The third kappa shape index (κ3) is 1.69. The molecule has 0 amide bonds. The Labute approximate surface area is 83.6 Å². The normalized spacial score (nSPS) is 14.5. The van der Waals surface area contributed by atoms with Gasteiger partial charge in [-0.25, -0.2) is 0 Å². The number of phenols is 1. The van der Waals surface area contributed by atoms with E-state index in [0.717, 1.165) is 18.4 Å². The van der Waals surface area contributed by atoms with E-state index in [-0.39, 0.29) is 0 Å². The van der Waals surface area contributed by atoms with E-state index < -0.39 is 0 Å². The summed E-state index contributed by atoms with van der Waals surface area (Å²) in [5.74, 6) is 0.313. The van der Waals surface area contributed by atoms with E-state index in [0.29, 0.717) is 5.75 Å². The quantitative estimate of drug-likeness (QED) is 0.720. The SMILES string of the molecule is CCC1=NC=Cc2cc(O)ccc2C1. The van der Waals surface area contributed by atoms with Crippen LogP contribution in [0.5, 0.6) is 5.75 Å². The van der Waals surface area contributed by atoms with Crippen LogP contribution in [-0.2, 0) is 6.42 Å². The van der Waals surface area contributed by atoms with Gasteiger partial charge in [-0.1, -0.05) is 13.0 Å². The predicted octanol–water partition coefficient (Wildman–Crippen LogP) is 2.77. The number of hydrogen-bond donors (Lipinski definition) is 1. The highest BCUT2D eigenvalue weighted by atomic mass is 16.3. The Bertz CT molecular complexity index is 405. The van der Waals surface area contributed by atoms with Crippen LogP contribution in [0.1, 0.15) is 24.5 Å². The maximum Gasteiger partial charge on any atom is 0.116 e. The zero-order valence-corrected chi connectivity index (χ0v) is 8.20. The van der Waals surface area contributed by atoms with Crippen LogP contribution in [0.3, 0.4) is 0 Å². The molecule has 0 unspecified atom stereocenters. The standard InChI is InChI=1S/C12H13NO/c1-2-11-7-9-3-4-12(14)8-10(9)5-6-13-11/h3-6,8,14H,2,7H2,1H3. The van der Waals surface area contributed by atoms with Crippen molar-refractivity contribution in [3.05, 3.63) is 35.5 Å². The first-order chi connectivity index (χ1) is 6.79. The summed E-state index contributed by atoms with van der Waals surface area (Å²) in [5.41, 5.74) is 3.49. The van der Waals surface area contributed by atoms with Crippen LogP contribution in [0.4, 0.5) is 0 Å². The summed E-state index contributed by atoms with van der Waals surface area (Å²) in [6, 6.07) is 5.47. The molecule has 1 aromatic carbocycles. The Morgan fingerprint density at radius 3 is 3.07 bits per heavy atom. The lowest BCUT2D eigenvalue weighted by Crippen LogP contribution is -2.00. The van der Waals surface area contributed by atoms with Crippen molar-refractivity contribution in [3.63, 3.8) is 0 Å². The van der Waals surface area contributed by atoms with E-state index >= 15 is 0 Å². The second kappa shape index (κ2) is 3.66. The van der Waals surface area contributed by atoms with Crippen molar-refractivity contribution >= 4 is 11.8 Å². The van der Waals surface area contributed by atoms with Gasteiger partial charge in [0.1, 0.15) is 5.75 Å². The highest BCUT2D eigenvalue weighted by Gasteiger charge is 2.06. The molecule has 0 aromatic heterocycles. The molecule has 72 valence electrons. The van der Waals surface area contributed by atoms with E-state index in [9.17, 15) is 5.11 Å². The van der Waals surface area contributed by atoms with Gasteiger partial charge in [-0.15, -0.1) is 0 Å². The topological polar surface area (TPSA) is 32.6 Å². The van der Waals surface area contributed by atoms with Crippen LogP contribution in [0.25, 0.3) is 6.08 Å². The molecular formula is C12H13NO. The van der Waals surface area contributed by atoms with Crippen molar-refractivity contribution in [1.29, 1.82) is 0 Å². The highest BCUT2D eigenvalue weighted by Crippen LogP contribution is 2.21. The van der Waals surface area contributed by atoms with Crippen LogP contribution in [0, 0.1) is 0 Å². The van der Waals surface area contributed by atoms with Gasteiger partial charge in [0, 0.05) is 18.3 Å². The van der Waals surface area contributed by atoms with E-state index in [1.54, 1.807) is 12.1 Å². The highest BCUT2D eigenvalue weighted by molar-refractivity contribution is 5.89. The smallest absolute Gasteiger partial charge is 0.116 e. The molecule has 0 fully saturated rings. The van der Waals surface area contributed by atoms with E-state index in [4.69, 9.17) is 0 Å². The van der Waals surface area contributed by atoms with Gasteiger partial charge in [0.25, 0.3) is 0 Å². The van der Waals surface area contributed by atoms with Crippen LogP contribution >= 0.6 is 0 Å². The number of benzene rings is 1. The summed E-state index contributed by atoms with van der Waals surface area (Å²) >= 11 is 0. The van der Waals surface area contributed by atoms with Crippen LogP contribution in [-0.4, -0.2) is 10.8 Å². The maximum absolute atomic E-state index is 9.33. The van der Waals surface area contributed by atoms with Gasteiger partial charge >= 0.3 is 0 Å². The Morgan fingerprint density at radius 2 is 2.29 bits per heavy atom. The summed E-state index contributed by atoms with van der Waals surface area (Å²) in [6.45, 7) is 2.11. The lowest BCUT2D eigenvalue weighted by molar-refractivity contribution is 0.475. The lowest BCUT2D eigenvalue weighted by atomic mass is 10.0. The van der Waals surface area contributed by atoms with Gasteiger partial charge in [0.05, 0.1) is 0 Å². The first kappa shape index (κ1) is 9.00. The Kier molecular flexibility index (Phi) is 2.35. The molecule has 2 nitrogen and oxygen atoms in total. The number of fused-ring (bicyclic) bond motifs is 1. The molecular weight excluding hydrogens is 174 g/mol. The van der Waals surface area contributed by atoms with Gasteiger partial charge in [0.2, 0.25) is 0 Å². The Balaban J connectivity index is 2.42.